The number of halogens is 1. The highest BCUT2D eigenvalue weighted by atomic mass is 35.5. The molecule has 1 amide bonds. The number of hydrogen-bond donors (Lipinski definition) is 3. The molecule has 1 aliphatic heterocycles. The van der Waals surface area contributed by atoms with Gasteiger partial charge in [0.2, 0.25) is 0 Å². The summed E-state index contributed by atoms with van der Waals surface area (Å²) in [5.74, 6) is 0.592. The predicted octanol–water partition coefficient (Wildman–Crippen LogP) is 2.62. The Kier molecular flexibility index (Phi) is 6.62. The first kappa shape index (κ1) is 17.5. The number of nitrogens with one attached hydrogen (secondary N) is 3. The molecule has 0 spiro atoms. The number of hydrogen-bond acceptors (Lipinski definition) is 3. The first-order chi connectivity index (χ1) is 10.8. The summed E-state index contributed by atoms with van der Waals surface area (Å²) in [6, 6.07) is 11.6. The minimum atomic E-state index is -0.0848. The maximum Gasteiger partial charge on any atom is 0.269 e. The van der Waals surface area contributed by atoms with Crippen LogP contribution in [0, 0.1) is 5.92 Å². The molecule has 124 valence electrons. The molecule has 0 saturated carbocycles. The van der Waals surface area contributed by atoms with Gasteiger partial charge in [0.15, 0.2) is 0 Å². The lowest BCUT2D eigenvalue weighted by atomic mass is 9.96. The molecular weight excluding hydrogens is 312 g/mol. The quantitative estimate of drug-likeness (QED) is 0.787. The molecule has 0 radical (unpaired) electrons. The van der Waals surface area contributed by atoms with Gasteiger partial charge in [-0.05, 0) is 44.3 Å². The number of piperidine rings is 1. The van der Waals surface area contributed by atoms with Crippen molar-refractivity contribution in [1.82, 2.24) is 20.8 Å². The van der Waals surface area contributed by atoms with E-state index in [2.05, 4.69) is 20.8 Å². The van der Waals surface area contributed by atoms with Gasteiger partial charge in [0.1, 0.15) is 5.69 Å². The molecule has 23 heavy (non-hydrogen) atoms. The predicted molar refractivity (Wildman–Crippen MR) is 93.8 cm³/mol. The van der Waals surface area contributed by atoms with E-state index >= 15 is 0 Å². The molecular formula is C17H23ClN4O. The van der Waals surface area contributed by atoms with Crippen molar-refractivity contribution in [3.05, 3.63) is 42.1 Å². The summed E-state index contributed by atoms with van der Waals surface area (Å²) >= 11 is 0. The Balaban J connectivity index is 0.00000192. The second-order valence-corrected chi connectivity index (χ2v) is 5.79. The van der Waals surface area contributed by atoms with Gasteiger partial charge in [0.05, 0.1) is 5.69 Å². The zero-order valence-electron chi connectivity index (χ0n) is 13.0. The third kappa shape index (κ3) is 4.81. The molecule has 1 aromatic heterocycles. The van der Waals surface area contributed by atoms with Gasteiger partial charge in [0, 0.05) is 12.1 Å². The molecule has 3 rings (SSSR count). The fourth-order valence-electron chi connectivity index (χ4n) is 2.85. The highest BCUT2D eigenvalue weighted by Crippen LogP contribution is 2.17. The lowest BCUT2D eigenvalue weighted by Gasteiger charge is -2.22. The van der Waals surface area contributed by atoms with Gasteiger partial charge in [-0.3, -0.25) is 9.89 Å². The summed E-state index contributed by atoms with van der Waals surface area (Å²) in [5.41, 5.74) is 2.31. The first-order valence-electron chi connectivity index (χ1n) is 7.92. The third-order valence-electron chi connectivity index (χ3n) is 4.13. The Morgan fingerprint density at radius 2 is 2.13 bits per heavy atom. The van der Waals surface area contributed by atoms with E-state index in [1.54, 1.807) is 6.07 Å². The van der Waals surface area contributed by atoms with Crippen LogP contribution in [0.1, 0.15) is 29.8 Å². The monoisotopic (exact) mass is 334 g/mol. The van der Waals surface area contributed by atoms with Gasteiger partial charge in [-0.1, -0.05) is 30.3 Å². The lowest BCUT2D eigenvalue weighted by molar-refractivity contribution is 0.0945. The highest BCUT2D eigenvalue weighted by Gasteiger charge is 2.14. The van der Waals surface area contributed by atoms with Crippen molar-refractivity contribution in [2.75, 3.05) is 19.6 Å². The van der Waals surface area contributed by atoms with E-state index in [4.69, 9.17) is 0 Å². The van der Waals surface area contributed by atoms with Crippen molar-refractivity contribution < 1.29 is 4.79 Å². The van der Waals surface area contributed by atoms with Gasteiger partial charge in [0.25, 0.3) is 5.91 Å². The molecule has 2 aromatic rings. The van der Waals surface area contributed by atoms with Crippen LogP contribution in [0.3, 0.4) is 0 Å². The molecule has 0 bridgehead atoms. The van der Waals surface area contributed by atoms with Crippen LogP contribution in [0.15, 0.2) is 36.4 Å². The van der Waals surface area contributed by atoms with Crippen LogP contribution in [0.5, 0.6) is 0 Å². The third-order valence-corrected chi connectivity index (χ3v) is 4.13. The Bertz CT molecular complexity index is 608. The Labute approximate surface area is 142 Å². The molecule has 3 N–H and O–H groups in total. The van der Waals surface area contributed by atoms with E-state index in [9.17, 15) is 4.79 Å². The number of nitrogens with zero attached hydrogens (tertiary/aromatic N) is 1. The maximum atomic E-state index is 12.1. The molecule has 0 aliphatic carbocycles. The van der Waals surface area contributed by atoms with Gasteiger partial charge >= 0.3 is 0 Å². The van der Waals surface area contributed by atoms with E-state index in [1.165, 1.54) is 12.8 Å². The van der Waals surface area contributed by atoms with Crippen molar-refractivity contribution in [3.8, 4) is 11.3 Å². The van der Waals surface area contributed by atoms with Gasteiger partial charge in [-0.2, -0.15) is 5.10 Å². The minimum Gasteiger partial charge on any atom is -0.351 e. The second kappa shape index (κ2) is 8.70. The number of aromatic nitrogens is 2. The van der Waals surface area contributed by atoms with E-state index in [0.29, 0.717) is 18.2 Å². The van der Waals surface area contributed by atoms with E-state index < -0.39 is 0 Å². The molecule has 1 aromatic carbocycles. The molecule has 1 saturated heterocycles. The molecule has 1 unspecified atom stereocenters. The summed E-state index contributed by atoms with van der Waals surface area (Å²) < 4.78 is 0. The fraction of sp³-hybridized carbons (Fsp3) is 0.412. The fourth-order valence-corrected chi connectivity index (χ4v) is 2.85. The number of H-pyrrole nitrogens is 1. The Morgan fingerprint density at radius 1 is 1.30 bits per heavy atom. The average Bonchev–Trinajstić information content (AvgIpc) is 3.07. The van der Waals surface area contributed by atoms with Crippen molar-refractivity contribution in [2.24, 2.45) is 5.92 Å². The lowest BCUT2D eigenvalue weighted by Crippen LogP contribution is -2.33. The molecule has 1 atom stereocenters. The smallest absolute Gasteiger partial charge is 0.269 e. The van der Waals surface area contributed by atoms with Gasteiger partial charge < -0.3 is 10.6 Å². The number of carbonyl (C=O) groups excluding carboxylic acids is 1. The summed E-state index contributed by atoms with van der Waals surface area (Å²) in [5, 5.41) is 13.4. The van der Waals surface area contributed by atoms with Gasteiger partial charge in [-0.25, -0.2) is 0 Å². The van der Waals surface area contributed by atoms with Crippen molar-refractivity contribution in [1.29, 1.82) is 0 Å². The van der Waals surface area contributed by atoms with Crippen LogP contribution >= 0.6 is 12.4 Å². The van der Waals surface area contributed by atoms with Crippen LogP contribution in [0.25, 0.3) is 11.3 Å². The van der Waals surface area contributed by atoms with Crippen molar-refractivity contribution in [2.45, 2.75) is 19.3 Å². The van der Waals surface area contributed by atoms with Crippen LogP contribution < -0.4 is 10.6 Å². The first-order valence-corrected chi connectivity index (χ1v) is 7.92. The molecule has 1 fully saturated rings. The zero-order chi connectivity index (χ0) is 15.2. The molecule has 1 aliphatic rings. The summed E-state index contributed by atoms with van der Waals surface area (Å²) in [6.45, 7) is 2.90. The molecule has 6 heteroatoms. The maximum absolute atomic E-state index is 12.1. The van der Waals surface area contributed by atoms with E-state index in [1.807, 2.05) is 30.3 Å². The Hall–Kier alpha value is -1.85. The van der Waals surface area contributed by atoms with Crippen LogP contribution in [-0.2, 0) is 0 Å². The molecule has 2 heterocycles. The molecule has 5 nitrogen and oxygen atoms in total. The van der Waals surface area contributed by atoms with E-state index in [0.717, 1.165) is 30.8 Å². The standard InChI is InChI=1S/C17H22N4O.ClH/c22-17(19-10-8-13-5-4-9-18-12-13)16-11-15(20-21-16)14-6-2-1-3-7-14;/h1-3,6-7,11,13,18H,4-5,8-10,12H2,(H,19,22)(H,20,21);1H. The highest BCUT2D eigenvalue weighted by molar-refractivity contribution is 5.93. The number of aromatic amines is 1. The zero-order valence-corrected chi connectivity index (χ0v) is 13.9. The van der Waals surface area contributed by atoms with Gasteiger partial charge in [-0.15, -0.1) is 12.4 Å². The Morgan fingerprint density at radius 3 is 2.87 bits per heavy atom. The van der Waals surface area contributed by atoms with E-state index in [-0.39, 0.29) is 18.3 Å². The van der Waals surface area contributed by atoms with Crippen molar-refractivity contribution in [3.63, 3.8) is 0 Å². The normalized spacial score (nSPS) is 17.3. The SMILES string of the molecule is Cl.O=C(NCCC1CCCNC1)c1cc(-c2ccccc2)n[nH]1. The minimum absolute atomic E-state index is 0. The van der Waals surface area contributed by atoms with Crippen LogP contribution in [-0.4, -0.2) is 35.7 Å². The number of benzene rings is 1. The summed E-state index contributed by atoms with van der Waals surface area (Å²) in [7, 11) is 0. The van der Waals surface area contributed by atoms with Crippen molar-refractivity contribution >= 4 is 18.3 Å². The summed E-state index contributed by atoms with van der Waals surface area (Å²) in [4.78, 5) is 12.1. The topological polar surface area (TPSA) is 69.8 Å². The second-order valence-electron chi connectivity index (χ2n) is 5.79. The van der Waals surface area contributed by atoms with Crippen LogP contribution in [0.4, 0.5) is 0 Å². The summed E-state index contributed by atoms with van der Waals surface area (Å²) in [6.07, 6.45) is 3.52. The largest absolute Gasteiger partial charge is 0.351 e. The van der Waals surface area contributed by atoms with Crippen LogP contribution in [0.2, 0.25) is 0 Å². The number of carbonyl (C=O) groups is 1. The number of amides is 1. The average molecular weight is 335 g/mol. The number of rotatable bonds is 5.